The number of aliphatic carboxylic acids is 1. The van der Waals surface area contributed by atoms with Crippen LogP contribution in [0.5, 0.6) is 0 Å². The van der Waals surface area contributed by atoms with Crippen molar-refractivity contribution in [1.29, 1.82) is 0 Å². The molecule has 0 unspecified atom stereocenters. The number of carboxylic acid groups (broad SMARTS) is 1. The molecule has 0 heterocycles. The third-order valence-corrected chi connectivity index (χ3v) is 5.32. The van der Waals surface area contributed by atoms with E-state index in [9.17, 15) is 14.4 Å². The predicted molar refractivity (Wildman–Crippen MR) is 117 cm³/mol. The molecule has 7 nitrogen and oxygen atoms in total. The van der Waals surface area contributed by atoms with E-state index in [4.69, 9.17) is 9.84 Å². The summed E-state index contributed by atoms with van der Waals surface area (Å²) in [5, 5.41) is 14.1. The molecule has 2 amide bonds. The van der Waals surface area contributed by atoms with Gasteiger partial charge in [0.2, 0.25) is 5.91 Å². The van der Waals surface area contributed by atoms with Crippen molar-refractivity contribution in [2.45, 2.75) is 32.2 Å². The number of carboxylic acids is 1. The minimum atomic E-state index is -1.38. The second-order valence-electron chi connectivity index (χ2n) is 7.98. The highest BCUT2D eigenvalue weighted by Crippen LogP contribution is 2.44. The number of nitrogens with one attached hydrogen (secondary N) is 2. The maximum atomic E-state index is 12.2. The number of fused-ring (bicyclic) bond motifs is 3. The smallest absolute Gasteiger partial charge is 0.407 e. The number of carbonyl (C=O) groups is 3. The molecule has 0 radical (unpaired) electrons. The summed E-state index contributed by atoms with van der Waals surface area (Å²) in [5.41, 5.74) is 3.48. The van der Waals surface area contributed by atoms with Crippen molar-refractivity contribution in [3.63, 3.8) is 0 Å². The Balaban J connectivity index is 1.54. The first-order chi connectivity index (χ1) is 14.7. The van der Waals surface area contributed by atoms with E-state index in [2.05, 4.69) is 22.8 Å². The van der Waals surface area contributed by atoms with Gasteiger partial charge in [-0.25, -0.2) is 9.59 Å². The Bertz CT molecular complexity index is 996. The maximum Gasteiger partial charge on any atom is 0.407 e. The molecule has 7 heteroatoms. The summed E-state index contributed by atoms with van der Waals surface area (Å²) in [4.78, 5) is 35.3. The summed E-state index contributed by atoms with van der Waals surface area (Å²) >= 11 is 0. The SMILES string of the molecule is C/C(=C\CNC(=O)OCC1c2ccccc2-c2ccccc21)C(=O)NC(C)(C)C(=O)O. The van der Waals surface area contributed by atoms with Crippen molar-refractivity contribution in [2.75, 3.05) is 13.2 Å². The zero-order valence-corrected chi connectivity index (χ0v) is 17.8. The largest absolute Gasteiger partial charge is 0.480 e. The molecule has 0 saturated heterocycles. The zero-order chi connectivity index (χ0) is 22.6. The molecular formula is C24H26N2O5. The number of hydrogen-bond acceptors (Lipinski definition) is 4. The summed E-state index contributed by atoms with van der Waals surface area (Å²) in [6.07, 6.45) is 0.923. The van der Waals surface area contributed by atoms with Crippen molar-refractivity contribution >= 4 is 18.0 Å². The van der Waals surface area contributed by atoms with Gasteiger partial charge in [0.1, 0.15) is 12.1 Å². The number of alkyl carbamates (subject to hydrolysis) is 1. The molecule has 1 aliphatic rings. The van der Waals surface area contributed by atoms with Crippen LogP contribution in [0.1, 0.15) is 37.8 Å². The molecule has 31 heavy (non-hydrogen) atoms. The van der Waals surface area contributed by atoms with Crippen LogP contribution in [0.2, 0.25) is 0 Å². The second kappa shape index (κ2) is 9.04. The lowest BCUT2D eigenvalue weighted by Crippen LogP contribution is -2.50. The fourth-order valence-electron chi connectivity index (χ4n) is 3.47. The standard InChI is InChI=1S/C24H26N2O5/c1-15(21(27)26-24(2,3)22(28)29)12-13-25-23(30)31-14-20-18-10-6-4-8-16(18)17-9-5-7-11-19(17)20/h4-12,20H,13-14H2,1-3H3,(H,25,30)(H,26,27)(H,28,29)/b15-12+. The Labute approximate surface area is 181 Å². The lowest BCUT2D eigenvalue weighted by atomic mass is 9.98. The van der Waals surface area contributed by atoms with E-state index in [0.29, 0.717) is 5.57 Å². The van der Waals surface area contributed by atoms with Crippen molar-refractivity contribution < 1.29 is 24.2 Å². The van der Waals surface area contributed by atoms with E-state index >= 15 is 0 Å². The van der Waals surface area contributed by atoms with Crippen LogP contribution in [-0.2, 0) is 14.3 Å². The average Bonchev–Trinajstić information content (AvgIpc) is 3.05. The summed E-state index contributed by atoms with van der Waals surface area (Å²) in [5.74, 6) is -1.67. The van der Waals surface area contributed by atoms with Gasteiger partial charge in [-0.1, -0.05) is 54.6 Å². The van der Waals surface area contributed by atoms with Gasteiger partial charge in [-0.3, -0.25) is 4.79 Å². The van der Waals surface area contributed by atoms with Crippen LogP contribution in [-0.4, -0.2) is 41.8 Å². The van der Waals surface area contributed by atoms with Gasteiger partial charge in [0.05, 0.1) is 0 Å². The van der Waals surface area contributed by atoms with E-state index in [-0.39, 0.29) is 19.1 Å². The second-order valence-corrected chi connectivity index (χ2v) is 7.98. The first-order valence-electron chi connectivity index (χ1n) is 10.0. The fourth-order valence-corrected chi connectivity index (χ4v) is 3.47. The first-order valence-corrected chi connectivity index (χ1v) is 10.0. The molecule has 2 aromatic rings. The molecule has 0 saturated carbocycles. The number of benzene rings is 2. The summed E-state index contributed by atoms with van der Waals surface area (Å²) < 4.78 is 5.44. The number of hydrogen-bond donors (Lipinski definition) is 3. The van der Waals surface area contributed by atoms with Crippen LogP contribution in [0.25, 0.3) is 11.1 Å². The lowest BCUT2D eigenvalue weighted by molar-refractivity contribution is -0.145. The molecule has 0 spiro atoms. The van der Waals surface area contributed by atoms with Gasteiger partial charge in [0.15, 0.2) is 0 Å². The van der Waals surface area contributed by atoms with Gasteiger partial charge >= 0.3 is 12.1 Å². The van der Waals surface area contributed by atoms with E-state index in [1.165, 1.54) is 19.9 Å². The van der Waals surface area contributed by atoms with Crippen molar-refractivity contribution in [3.05, 3.63) is 71.3 Å². The first kappa shape index (κ1) is 22.1. The number of amides is 2. The van der Waals surface area contributed by atoms with Gasteiger partial charge in [0.25, 0.3) is 0 Å². The van der Waals surface area contributed by atoms with Crippen molar-refractivity contribution in [1.82, 2.24) is 10.6 Å². The van der Waals surface area contributed by atoms with Crippen molar-refractivity contribution in [2.24, 2.45) is 0 Å². The topological polar surface area (TPSA) is 105 Å². The lowest BCUT2D eigenvalue weighted by Gasteiger charge is -2.21. The summed E-state index contributed by atoms with van der Waals surface area (Å²) in [6.45, 7) is 4.64. The number of carbonyl (C=O) groups excluding carboxylic acids is 2. The highest BCUT2D eigenvalue weighted by Gasteiger charge is 2.30. The minimum Gasteiger partial charge on any atom is -0.480 e. The van der Waals surface area contributed by atoms with Gasteiger partial charge in [0, 0.05) is 18.0 Å². The molecule has 162 valence electrons. The molecule has 3 N–H and O–H groups in total. The molecule has 1 aliphatic carbocycles. The summed E-state index contributed by atoms with van der Waals surface area (Å²) in [6, 6.07) is 16.2. The molecular weight excluding hydrogens is 396 g/mol. The maximum absolute atomic E-state index is 12.2. The van der Waals surface area contributed by atoms with Crippen LogP contribution < -0.4 is 10.6 Å². The Kier molecular flexibility index (Phi) is 6.44. The Morgan fingerprint density at radius 2 is 1.58 bits per heavy atom. The van der Waals surface area contributed by atoms with Gasteiger partial charge < -0.3 is 20.5 Å². The Morgan fingerprint density at radius 3 is 2.13 bits per heavy atom. The minimum absolute atomic E-state index is 0.0283. The molecule has 0 bridgehead atoms. The third kappa shape index (κ3) is 4.94. The highest BCUT2D eigenvalue weighted by atomic mass is 16.5. The van der Waals surface area contributed by atoms with Crippen LogP contribution in [0.15, 0.2) is 60.2 Å². The van der Waals surface area contributed by atoms with Gasteiger partial charge in [-0.05, 0) is 43.0 Å². The molecule has 0 aromatic heterocycles. The molecule has 0 fully saturated rings. The summed E-state index contributed by atoms with van der Waals surface area (Å²) in [7, 11) is 0. The van der Waals surface area contributed by atoms with Crippen LogP contribution in [0.3, 0.4) is 0 Å². The normalized spacial score (nSPS) is 13.2. The average molecular weight is 422 g/mol. The predicted octanol–water partition coefficient (Wildman–Crippen LogP) is 3.45. The van der Waals surface area contributed by atoms with Crippen molar-refractivity contribution in [3.8, 4) is 11.1 Å². The van der Waals surface area contributed by atoms with E-state index < -0.39 is 23.5 Å². The van der Waals surface area contributed by atoms with Crippen LogP contribution in [0.4, 0.5) is 4.79 Å². The molecule has 0 atom stereocenters. The van der Waals surface area contributed by atoms with Gasteiger partial charge in [-0.2, -0.15) is 0 Å². The Morgan fingerprint density at radius 1 is 1.03 bits per heavy atom. The molecule has 3 rings (SSSR count). The van der Waals surface area contributed by atoms with Crippen LogP contribution >= 0.6 is 0 Å². The number of ether oxygens (including phenoxy) is 1. The Hall–Kier alpha value is -3.61. The zero-order valence-electron chi connectivity index (χ0n) is 17.8. The van der Waals surface area contributed by atoms with E-state index in [0.717, 1.165) is 22.3 Å². The molecule has 0 aliphatic heterocycles. The number of rotatable bonds is 7. The quantitative estimate of drug-likeness (QED) is 0.593. The van der Waals surface area contributed by atoms with E-state index in [1.54, 1.807) is 6.92 Å². The highest BCUT2D eigenvalue weighted by molar-refractivity contribution is 5.96. The monoisotopic (exact) mass is 422 g/mol. The van der Waals surface area contributed by atoms with Gasteiger partial charge in [-0.15, -0.1) is 0 Å². The third-order valence-electron chi connectivity index (χ3n) is 5.32. The van der Waals surface area contributed by atoms with Crippen LogP contribution in [0, 0.1) is 0 Å². The molecule has 2 aromatic carbocycles. The van der Waals surface area contributed by atoms with E-state index in [1.807, 2.05) is 36.4 Å². The fraction of sp³-hybridized carbons (Fsp3) is 0.292.